The molecule has 52 valence electrons. The van der Waals surface area contributed by atoms with E-state index in [1.54, 1.807) is 0 Å². The van der Waals surface area contributed by atoms with Gasteiger partial charge in [0.1, 0.15) is 0 Å². The maximum atomic E-state index is 10.9. The molecule has 0 fully saturated rings. The Kier molecular flexibility index (Phi) is 1.40. The van der Waals surface area contributed by atoms with Crippen LogP contribution in [-0.2, 0) is 0 Å². The largest absolute Gasteiger partial charge is 0.295 e. The summed E-state index contributed by atoms with van der Waals surface area (Å²) in [6.45, 7) is 1.33. The smallest absolute Gasteiger partial charge is 0.159 e. The van der Waals surface area contributed by atoms with E-state index in [1.807, 2.05) is 0 Å². The summed E-state index contributed by atoms with van der Waals surface area (Å²) >= 11 is 5.58. The highest BCUT2D eigenvalue weighted by Crippen LogP contribution is 2.09. The molecule has 1 rings (SSSR count). The minimum Gasteiger partial charge on any atom is -0.295 e. The van der Waals surface area contributed by atoms with Gasteiger partial charge in [-0.15, -0.1) is 0 Å². The van der Waals surface area contributed by atoms with Crippen molar-refractivity contribution in [2.45, 2.75) is 6.92 Å². The molecule has 0 amide bonds. The van der Waals surface area contributed by atoms with Gasteiger partial charge in [-0.3, -0.25) is 4.79 Å². The third-order valence-electron chi connectivity index (χ3n) is 1.06. The number of Topliss-reactive ketones (excluding diaryl/α,β-unsaturated/α-hetero) is 1. The van der Waals surface area contributed by atoms with Crippen molar-refractivity contribution in [3.8, 4) is 0 Å². The Labute approximate surface area is 67.4 Å². The zero-order valence-electron chi connectivity index (χ0n) is 7.44. The summed E-state index contributed by atoms with van der Waals surface area (Å²) < 4.78 is 14.7. The highest BCUT2D eigenvalue weighted by Gasteiger charge is 1.95. The fourth-order valence-corrected chi connectivity index (χ4v) is 0.678. The van der Waals surface area contributed by atoms with Gasteiger partial charge < -0.3 is 0 Å². The molecule has 0 bridgehead atoms. The zero-order valence-corrected chi connectivity index (χ0v) is 6.20. The van der Waals surface area contributed by atoms with Crippen molar-refractivity contribution >= 4 is 17.4 Å². The van der Waals surface area contributed by atoms with Crippen LogP contribution in [0.25, 0.3) is 0 Å². The van der Waals surface area contributed by atoms with E-state index in [4.69, 9.17) is 14.3 Å². The lowest BCUT2D eigenvalue weighted by atomic mass is 10.2. The molecular weight excluding hydrogens is 148 g/mol. The maximum absolute atomic E-state index is 10.9. The van der Waals surface area contributed by atoms with E-state index in [-0.39, 0.29) is 23.4 Å². The quantitative estimate of drug-likeness (QED) is 0.571. The van der Waals surface area contributed by atoms with Gasteiger partial charge >= 0.3 is 0 Å². The molecule has 10 heavy (non-hydrogen) atoms. The van der Waals surface area contributed by atoms with Gasteiger partial charge in [0.25, 0.3) is 0 Å². The van der Waals surface area contributed by atoms with E-state index in [2.05, 4.69) is 0 Å². The number of halogens is 1. The first-order valence-corrected chi connectivity index (χ1v) is 3.18. The van der Waals surface area contributed by atoms with E-state index in [9.17, 15) is 4.79 Å². The van der Waals surface area contributed by atoms with Gasteiger partial charge in [-0.05, 0) is 31.1 Å². The van der Waals surface area contributed by atoms with E-state index in [0.717, 1.165) is 0 Å². The van der Waals surface area contributed by atoms with Crippen LogP contribution in [0.15, 0.2) is 24.2 Å². The fourth-order valence-electron chi connectivity index (χ4n) is 0.569. The lowest BCUT2D eigenvalue weighted by molar-refractivity contribution is 0.101. The summed E-state index contributed by atoms with van der Waals surface area (Å²) in [6.07, 6.45) is 0. The Morgan fingerprint density at radius 1 is 1.60 bits per heavy atom. The molecule has 0 N–H and O–H groups in total. The summed E-state index contributed by atoms with van der Waals surface area (Å²) in [7, 11) is 0. The van der Waals surface area contributed by atoms with Crippen molar-refractivity contribution in [2.75, 3.05) is 0 Å². The molecule has 0 atom stereocenters. The molecule has 0 spiro atoms. The molecule has 0 saturated carbocycles. The number of ketones is 1. The van der Waals surface area contributed by atoms with Gasteiger partial charge in [-0.2, -0.15) is 0 Å². The van der Waals surface area contributed by atoms with Crippen LogP contribution >= 0.6 is 11.6 Å². The number of carbonyl (C=O) groups excluding carboxylic acids is 1. The Balaban J connectivity index is 3.38. The first-order valence-electron chi connectivity index (χ1n) is 3.80. The number of rotatable bonds is 1. The molecule has 2 heteroatoms. The molecule has 0 aliphatic rings. The Morgan fingerprint density at radius 2 is 2.10 bits per heavy atom. The second-order valence-corrected chi connectivity index (χ2v) is 2.33. The van der Waals surface area contributed by atoms with Gasteiger partial charge in [-0.1, -0.05) is 11.6 Å². The standard InChI is InChI=1S/C8H7ClO/c1-6(10)7-2-4-8(9)5-3-7/h2-5H,1H3/i2D,3D. The van der Waals surface area contributed by atoms with Crippen LogP contribution in [0.5, 0.6) is 0 Å². The topological polar surface area (TPSA) is 17.1 Å². The molecule has 0 unspecified atom stereocenters. The fraction of sp³-hybridized carbons (Fsp3) is 0.125. The van der Waals surface area contributed by atoms with Crippen LogP contribution in [0, 0.1) is 0 Å². The normalized spacial score (nSPS) is 12.2. The second kappa shape index (κ2) is 2.84. The SMILES string of the molecule is [2H]c1cc(Cl)cc([2H])c1C(C)=O. The Hall–Kier alpha value is -0.820. The lowest BCUT2D eigenvalue weighted by Gasteiger charge is -1.92. The number of carbonyl (C=O) groups is 1. The van der Waals surface area contributed by atoms with Crippen molar-refractivity contribution < 1.29 is 7.54 Å². The van der Waals surface area contributed by atoms with Crippen LogP contribution in [0.1, 0.15) is 20.0 Å². The highest BCUT2D eigenvalue weighted by molar-refractivity contribution is 6.30. The van der Waals surface area contributed by atoms with Crippen molar-refractivity contribution in [1.29, 1.82) is 0 Å². The Bertz CT molecular complexity index is 313. The van der Waals surface area contributed by atoms with Gasteiger partial charge in [-0.25, -0.2) is 0 Å². The maximum Gasteiger partial charge on any atom is 0.159 e. The van der Waals surface area contributed by atoms with Crippen molar-refractivity contribution in [2.24, 2.45) is 0 Å². The zero-order chi connectivity index (χ0) is 9.30. The molecule has 0 saturated heterocycles. The highest BCUT2D eigenvalue weighted by atomic mass is 35.5. The first-order chi connectivity index (χ1) is 5.52. The van der Waals surface area contributed by atoms with Gasteiger partial charge in [0.05, 0.1) is 2.74 Å². The molecule has 0 aliphatic carbocycles. The van der Waals surface area contributed by atoms with E-state index in [0.29, 0.717) is 5.02 Å². The molecule has 0 radical (unpaired) electrons. The third-order valence-corrected chi connectivity index (χ3v) is 1.28. The first kappa shape index (κ1) is 4.91. The summed E-state index contributed by atoms with van der Waals surface area (Å²) in [5.41, 5.74) is 0.124. The molecule has 1 nitrogen and oxygen atoms in total. The number of hydrogen-bond acceptors (Lipinski definition) is 1. The Morgan fingerprint density at radius 3 is 2.50 bits per heavy atom. The predicted molar refractivity (Wildman–Crippen MR) is 41.5 cm³/mol. The summed E-state index contributed by atoms with van der Waals surface area (Å²) in [4.78, 5) is 10.9. The van der Waals surface area contributed by atoms with Crippen LogP contribution < -0.4 is 0 Å². The molecule has 1 aromatic rings. The summed E-state index contributed by atoms with van der Waals surface area (Å²) in [5, 5.41) is 0.315. The monoisotopic (exact) mass is 156 g/mol. The molecule has 1 aromatic carbocycles. The molecule has 0 heterocycles. The van der Waals surface area contributed by atoms with Crippen molar-refractivity contribution in [3.63, 3.8) is 0 Å². The lowest BCUT2D eigenvalue weighted by Crippen LogP contribution is -1.89. The van der Waals surface area contributed by atoms with Gasteiger partial charge in [0, 0.05) is 10.6 Å². The second-order valence-electron chi connectivity index (χ2n) is 1.89. The average molecular weight is 157 g/mol. The summed E-state index contributed by atoms with van der Waals surface area (Å²) in [6, 6.07) is 2.74. The van der Waals surface area contributed by atoms with Crippen LogP contribution in [0.2, 0.25) is 5.02 Å². The minimum atomic E-state index is -0.276. The third kappa shape index (κ3) is 1.58. The van der Waals surface area contributed by atoms with Gasteiger partial charge in [0.2, 0.25) is 0 Å². The van der Waals surface area contributed by atoms with Crippen LogP contribution in [0.3, 0.4) is 0 Å². The number of hydrogen-bond donors (Lipinski definition) is 0. The van der Waals surface area contributed by atoms with E-state index in [1.165, 1.54) is 19.1 Å². The molecule has 0 aromatic heterocycles. The molecule has 0 aliphatic heterocycles. The number of benzene rings is 1. The summed E-state index contributed by atoms with van der Waals surface area (Å²) in [5.74, 6) is -0.276. The van der Waals surface area contributed by atoms with Crippen LogP contribution in [-0.4, -0.2) is 5.78 Å². The minimum absolute atomic E-state index is 0.0139. The average Bonchev–Trinajstić information content (AvgIpc) is 1.82. The molecular formula is C8H7ClO. The van der Waals surface area contributed by atoms with Gasteiger partial charge in [0.15, 0.2) is 5.78 Å². The van der Waals surface area contributed by atoms with Crippen LogP contribution in [0.4, 0.5) is 0 Å². The van der Waals surface area contributed by atoms with Crippen molar-refractivity contribution in [3.05, 3.63) is 34.8 Å². The predicted octanol–water partition coefficient (Wildman–Crippen LogP) is 2.54. The van der Waals surface area contributed by atoms with E-state index < -0.39 is 0 Å². The van der Waals surface area contributed by atoms with E-state index >= 15 is 0 Å². The van der Waals surface area contributed by atoms with Crippen molar-refractivity contribution in [1.82, 2.24) is 0 Å².